The lowest BCUT2D eigenvalue weighted by Crippen LogP contribution is -2.42. The van der Waals surface area contributed by atoms with Crippen LogP contribution in [0, 0.1) is 0 Å². The Labute approximate surface area is 132 Å². The predicted molar refractivity (Wildman–Crippen MR) is 80.7 cm³/mol. The summed E-state index contributed by atoms with van der Waals surface area (Å²) < 4.78 is 27.1. The molecule has 1 aromatic carbocycles. The van der Waals surface area contributed by atoms with Crippen LogP contribution in [0.2, 0.25) is 0 Å². The van der Waals surface area contributed by atoms with Crippen LogP contribution in [0.1, 0.15) is 23.6 Å². The number of carbonyl (C=O) groups excluding carboxylic acids is 1. The van der Waals surface area contributed by atoms with Gasteiger partial charge in [0, 0.05) is 18.9 Å². The average Bonchev–Trinajstić information content (AvgIpc) is 3.02. The Morgan fingerprint density at radius 3 is 2.73 bits per heavy atom. The molecule has 5 nitrogen and oxygen atoms in total. The number of rotatable bonds is 4. The number of hydrogen-bond acceptors (Lipinski definition) is 5. The third-order valence-corrected chi connectivity index (χ3v) is 7.06. The zero-order valence-electron chi connectivity index (χ0n) is 11.6. The largest absolute Gasteiger partial charge is 0.550 e. The molecule has 1 atom stereocenters. The van der Waals surface area contributed by atoms with Gasteiger partial charge >= 0.3 is 0 Å². The number of hydrogen-bond donors (Lipinski definition) is 0. The molecule has 2 aromatic rings. The van der Waals surface area contributed by atoms with E-state index in [1.165, 1.54) is 10.4 Å². The summed E-state index contributed by atoms with van der Waals surface area (Å²) in [6.07, 6.45) is 0.228. The Balaban J connectivity index is 2.06. The molecule has 0 fully saturated rings. The molecule has 0 bridgehead atoms. The quantitative estimate of drug-likeness (QED) is 0.840. The van der Waals surface area contributed by atoms with E-state index in [0.29, 0.717) is 6.42 Å². The highest BCUT2D eigenvalue weighted by atomic mass is 32.2. The van der Waals surface area contributed by atoms with Crippen molar-refractivity contribution in [2.45, 2.75) is 23.1 Å². The monoisotopic (exact) mass is 336 g/mol. The molecular weight excluding hydrogens is 322 g/mol. The van der Waals surface area contributed by atoms with Gasteiger partial charge in [-0.2, -0.15) is 4.31 Å². The smallest absolute Gasteiger partial charge is 0.253 e. The van der Waals surface area contributed by atoms with Crippen LogP contribution < -0.4 is 5.11 Å². The molecule has 0 amide bonds. The Morgan fingerprint density at radius 1 is 1.27 bits per heavy atom. The third kappa shape index (κ3) is 2.67. The molecule has 0 saturated heterocycles. The predicted octanol–water partition coefficient (Wildman–Crippen LogP) is 1.18. The van der Waals surface area contributed by atoms with Gasteiger partial charge in [-0.25, -0.2) is 8.42 Å². The van der Waals surface area contributed by atoms with E-state index in [2.05, 4.69) is 0 Å². The Hall–Kier alpha value is -1.70. The van der Waals surface area contributed by atoms with Gasteiger partial charge in [-0.15, -0.1) is 11.3 Å². The lowest BCUT2D eigenvalue weighted by Gasteiger charge is -2.36. The summed E-state index contributed by atoms with van der Waals surface area (Å²) in [6, 6.07) is 9.86. The van der Waals surface area contributed by atoms with Crippen molar-refractivity contribution in [2.75, 3.05) is 6.54 Å². The second kappa shape index (κ2) is 5.83. The van der Waals surface area contributed by atoms with Gasteiger partial charge in [-0.05, 0) is 29.0 Å². The van der Waals surface area contributed by atoms with E-state index in [9.17, 15) is 18.3 Å². The summed E-state index contributed by atoms with van der Waals surface area (Å²) in [4.78, 5) is 11.1. The zero-order valence-corrected chi connectivity index (χ0v) is 13.3. The van der Waals surface area contributed by atoms with Crippen LogP contribution in [0.25, 0.3) is 0 Å². The maximum atomic E-state index is 12.8. The second-order valence-electron chi connectivity index (χ2n) is 5.09. The fraction of sp³-hybridized carbons (Fsp3) is 0.267. The Kier molecular flexibility index (Phi) is 4.03. The van der Waals surface area contributed by atoms with E-state index >= 15 is 0 Å². The molecule has 0 unspecified atom stereocenters. The molecule has 0 saturated carbocycles. The van der Waals surface area contributed by atoms with Crippen LogP contribution in [-0.4, -0.2) is 25.2 Å². The molecule has 116 valence electrons. The molecular formula is C15H14NO4S2-. The van der Waals surface area contributed by atoms with Crippen LogP contribution in [0.3, 0.4) is 0 Å². The van der Waals surface area contributed by atoms with Crippen molar-refractivity contribution in [1.82, 2.24) is 4.31 Å². The van der Waals surface area contributed by atoms with Gasteiger partial charge < -0.3 is 9.90 Å². The molecule has 2 heterocycles. The van der Waals surface area contributed by atoms with Gasteiger partial charge in [-0.1, -0.05) is 30.3 Å². The first kappa shape index (κ1) is 15.2. The highest BCUT2D eigenvalue weighted by Gasteiger charge is 2.36. The van der Waals surface area contributed by atoms with E-state index in [1.54, 1.807) is 23.6 Å². The van der Waals surface area contributed by atoms with Crippen molar-refractivity contribution in [3.63, 3.8) is 0 Å². The van der Waals surface area contributed by atoms with Gasteiger partial charge in [0.25, 0.3) is 10.0 Å². The summed E-state index contributed by atoms with van der Waals surface area (Å²) in [5.41, 5.74) is 1.74. The van der Waals surface area contributed by atoms with Crippen molar-refractivity contribution in [3.8, 4) is 0 Å². The van der Waals surface area contributed by atoms with Gasteiger partial charge in [0.1, 0.15) is 4.21 Å². The first-order chi connectivity index (χ1) is 10.5. The van der Waals surface area contributed by atoms with E-state index in [4.69, 9.17) is 0 Å². The van der Waals surface area contributed by atoms with Crippen molar-refractivity contribution < 1.29 is 18.3 Å². The fourth-order valence-electron chi connectivity index (χ4n) is 2.81. The SMILES string of the molecule is O=C([O-])C[C@@H]1c2ccccc2CCN1S(=O)(=O)c1cccs1. The van der Waals surface area contributed by atoms with Crippen LogP contribution in [0.5, 0.6) is 0 Å². The second-order valence-corrected chi connectivity index (χ2v) is 8.15. The maximum Gasteiger partial charge on any atom is 0.253 e. The number of nitrogens with zero attached hydrogens (tertiary/aromatic N) is 1. The normalized spacial score (nSPS) is 18.8. The molecule has 0 aliphatic carbocycles. The van der Waals surface area contributed by atoms with Gasteiger partial charge in [0.05, 0.1) is 6.04 Å². The molecule has 7 heteroatoms. The van der Waals surface area contributed by atoms with Crippen LogP contribution in [0.15, 0.2) is 46.0 Å². The molecule has 1 aromatic heterocycles. The Morgan fingerprint density at radius 2 is 2.05 bits per heavy atom. The lowest BCUT2D eigenvalue weighted by molar-refractivity contribution is -0.306. The summed E-state index contributed by atoms with van der Waals surface area (Å²) in [7, 11) is -3.70. The number of fused-ring (bicyclic) bond motifs is 1. The number of carboxylic acid groups (broad SMARTS) is 1. The summed E-state index contributed by atoms with van der Waals surface area (Å²) in [5.74, 6) is -1.26. The van der Waals surface area contributed by atoms with E-state index in [-0.39, 0.29) is 17.2 Å². The average molecular weight is 336 g/mol. The van der Waals surface area contributed by atoms with E-state index < -0.39 is 22.0 Å². The minimum absolute atomic E-state index is 0.232. The standard InChI is InChI=1S/C15H15NO4S2/c17-14(18)10-13-12-5-2-1-4-11(12)7-8-16(13)22(19,20)15-6-3-9-21-15/h1-6,9,13H,7-8,10H2,(H,17,18)/p-1/t13-/m1/s1. The highest BCUT2D eigenvalue weighted by molar-refractivity contribution is 7.91. The minimum atomic E-state index is -3.70. The number of thiophene rings is 1. The summed E-state index contributed by atoms with van der Waals surface area (Å²) in [6.45, 7) is 0.273. The van der Waals surface area contributed by atoms with Gasteiger partial charge in [-0.3, -0.25) is 0 Å². The van der Waals surface area contributed by atoms with Crippen LogP contribution in [-0.2, 0) is 21.2 Å². The van der Waals surface area contributed by atoms with E-state index in [0.717, 1.165) is 22.5 Å². The molecule has 3 rings (SSSR count). The Bertz CT molecular complexity index is 784. The molecule has 22 heavy (non-hydrogen) atoms. The number of benzene rings is 1. The molecule has 0 radical (unpaired) electrons. The maximum absolute atomic E-state index is 12.8. The molecule has 1 aliphatic heterocycles. The van der Waals surface area contributed by atoms with Crippen molar-refractivity contribution >= 4 is 27.3 Å². The first-order valence-electron chi connectivity index (χ1n) is 6.83. The summed E-state index contributed by atoms with van der Waals surface area (Å²) >= 11 is 1.13. The molecule has 0 N–H and O–H groups in total. The van der Waals surface area contributed by atoms with Crippen LogP contribution >= 0.6 is 11.3 Å². The topological polar surface area (TPSA) is 77.5 Å². The number of carboxylic acids is 1. The lowest BCUT2D eigenvalue weighted by atomic mass is 9.92. The number of sulfonamides is 1. The first-order valence-corrected chi connectivity index (χ1v) is 9.15. The van der Waals surface area contributed by atoms with E-state index in [1.807, 2.05) is 12.1 Å². The zero-order chi connectivity index (χ0) is 15.7. The number of aliphatic carboxylic acids is 1. The minimum Gasteiger partial charge on any atom is -0.550 e. The van der Waals surface area contributed by atoms with Gasteiger partial charge in [0.2, 0.25) is 0 Å². The third-order valence-electron chi connectivity index (χ3n) is 3.78. The molecule has 1 aliphatic rings. The highest BCUT2D eigenvalue weighted by Crippen LogP contribution is 2.36. The van der Waals surface area contributed by atoms with Crippen LogP contribution in [0.4, 0.5) is 0 Å². The van der Waals surface area contributed by atoms with Crippen molar-refractivity contribution in [2.24, 2.45) is 0 Å². The summed E-state index contributed by atoms with van der Waals surface area (Å²) in [5, 5.41) is 12.8. The van der Waals surface area contributed by atoms with Crippen molar-refractivity contribution in [3.05, 3.63) is 52.9 Å². The van der Waals surface area contributed by atoms with Crippen molar-refractivity contribution in [1.29, 1.82) is 0 Å². The molecule has 0 spiro atoms. The van der Waals surface area contributed by atoms with Gasteiger partial charge in [0.15, 0.2) is 0 Å². The fourth-order valence-corrected chi connectivity index (χ4v) is 5.54. The number of carbonyl (C=O) groups is 1.